The number of benzene rings is 3. The first-order valence-corrected chi connectivity index (χ1v) is 8.85. The van der Waals surface area contributed by atoms with Crippen molar-refractivity contribution in [2.75, 3.05) is 5.32 Å². The maximum Gasteiger partial charge on any atom is 0.416 e. The van der Waals surface area contributed by atoms with Crippen LogP contribution in [0.25, 0.3) is 0 Å². The molecule has 6 nitrogen and oxygen atoms in total. The summed E-state index contributed by atoms with van der Waals surface area (Å²) in [5.74, 6) is -3.29. The van der Waals surface area contributed by atoms with Crippen molar-refractivity contribution >= 4 is 23.2 Å². The number of phenolic OH excluding ortho intramolecular Hbond substituents is 2. The van der Waals surface area contributed by atoms with E-state index in [4.69, 9.17) is 0 Å². The molecule has 0 saturated heterocycles. The van der Waals surface area contributed by atoms with Gasteiger partial charge in [-0.3, -0.25) is 14.4 Å². The minimum Gasteiger partial charge on any atom is -0.507 e. The van der Waals surface area contributed by atoms with Crippen molar-refractivity contribution in [3.8, 4) is 11.5 Å². The molecule has 4 rings (SSSR count). The molecule has 3 aromatic carbocycles. The summed E-state index contributed by atoms with van der Waals surface area (Å²) in [6.45, 7) is 0. The van der Waals surface area contributed by atoms with Gasteiger partial charge < -0.3 is 15.5 Å². The van der Waals surface area contributed by atoms with Crippen molar-refractivity contribution in [3.05, 3.63) is 88.0 Å². The average molecular weight is 427 g/mol. The molecule has 3 aromatic rings. The quantitative estimate of drug-likeness (QED) is 0.446. The predicted molar refractivity (Wildman–Crippen MR) is 102 cm³/mol. The van der Waals surface area contributed by atoms with E-state index in [2.05, 4.69) is 5.32 Å². The summed E-state index contributed by atoms with van der Waals surface area (Å²) in [5.41, 5.74) is -1.88. The molecule has 156 valence electrons. The number of hydrogen-bond donors (Lipinski definition) is 3. The standard InChI is InChI=1S/C22H12F3NO5/c23-22(24,25)11-4-6-12(7-5-11)26-21(31)10-8-14-18(16(28)9-10)20(30)17-13(19(14)29)2-1-3-15(17)27/h1-9,27-28H,(H,26,31). The van der Waals surface area contributed by atoms with Crippen molar-refractivity contribution in [1.29, 1.82) is 0 Å². The Kier molecular flexibility index (Phi) is 4.53. The second kappa shape index (κ2) is 6.98. The maximum atomic E-state index is 12.8. The van der Waals surface area contributed by atoms with E-state index in [1.165, 1.54) is 18.2 Å². The van der Waals surface area contributed by atoms with E-state index in [1.807, 2.05) is 0 Å². The van der Waals surface area contributed by atoms with E-state index in [9.17, 15) is 37.8 Å². The van der Waals surface area contributed by atoms with E-state index < -0.39 is 40.7 Å². The number of amides is 1. The molecular weight excluding hydrogens is 415 g/mol. The monoisotopic (exact) mass is 427 g/mol. The van der Waals surface area contributed by atoms with Crippen molar-refractivity contribution in [2.24, 2.45) is 0 Å². The number of nitrogens with one attached hydrogen (secondary N) is 1. The number of alkyl halides is 3. The zero-order chi connectivity index (χ0) is 22.5. The number of fused-ring (bicyclic) bond motifs is 2. The summed E-state index contributed by atoms with van der Waals surface area (Å²) in [5, 5.41) is 22.6. The fourth-order valence-corrected chi connectivity index (χ4v) is 3.36. The van der Waals surface area contributed by atoms with Gasteiger partial charge in [-0.2, -0.15) is 13.2 Å². The summed E-state index contributed by atoms with van der Waals surface area (Å²) < 4.78 is 38.0. The van der Waals surface area contributed by atoms with Gasteiger partial charge in [0.1, 0.15) is 11.5 Å². The lowest BCUT2D eigenvalue weighted by atomic mass is 9.82. The summed E-state index contributed by atoms with van der Waals surface area (Å²) in [7, 11) is 0. The number of anilines is 1. The molecule has 0 heterocycles. The predicted octanol–water partition coefficient (Wildman–Crippen LogP) is 4.14. The lowest BCUT2D eigenvalue weighted by molar-refractivity contribution is -0.137. The van der Waals surface area contributed by atoms with E-state index in [-0.39, 0.29) is 33.5 Å². The normalized spacial score (nSPS) is 12.9. The van der Waals surface area contributed by atoms with Crippen LogP contribution >= 0.6 is 0 Å². The molecule has 0 atom stereocenters. The summed E-state index contributed by atoms with van der Waals surface area (Å²) in [6.07, 6.45) is -4.52. The van der Waals surface area contributed by atoms with Gasteiger partial charge in [0.25, 0.3) is 5.91 Å². The molecule has 0 saturated carbocycles. The highest BCUT2D eigenvalue weighted by Gasteiger charge is 2.35. The summed E-state index contributed by atoms with van der Waals surface area (Å²) in [4.78, 5) is 38.1. The van der Waals surface area contributed by atoms with Crippen LogP contribution in [0.1, 0.15) is 47.8 Å². The molecule has 3 N–H and O–H groups in total. The van der Waals surface area contributed by atoms with Crippen LogP contribution in [-0.2, 0) is 6.18 Å². The highest BCUT2D eigenvalue weighted by molar-refractivity contribution is 6.30. The topological polar surface area (TPSA) is 104 Å². The Morgan fingerprint density at radius 1 is 0.806 bits per heavy atom. The fraction of sp³-hybridized carbons (Fsp3) is 0.0455. The molecule has 0 bridgehead atoms. The first-order chi connectivity index (χ1) is 14.6. The van der Waals surface area contributed by atoms with Crippen LogP contribution in [0.5, 0.6) is 11.5 Å². The Labute approximate surface area is 172 Å². The van der Waals surface area contributed by atoms with Crippen LogP contribution in [0.15, 0.2) is 54.6 Å². The van der Waals surface area contributed by atoms with Gasteiger partial charge in [0.2, 0.25) is 5.78 Å². The first-order valence-electron chi connectivity index (χ1n) is 8.85. The molecule has 1 amide bonds. The largest absolute Gasteiger partial charge is 0.507 e. The fourth-order valence-electron chi connectivity index (χ4n) is 3.36. The average Bonchev–Trinajstić information content (AvgIpc) is 2.71. The number of ketones is 2. The third kappa shape index (κ3) is 3.39. The summed E-state index contributed by atoms with van der Waals surface area (Å²) in [6, 6.07) is 9.75. The Morgan fingerprint density at radius 2 is 1.45 bits per heavy atom. The Morgan fingerprint density at radius 3 is 2.10 bits per heavy atom. The molecule has 0 aliphatic heterocycles. The number of halogens is 3. The molecule has 0 fully saturated rings. The number of rotatable bonds is 2. The molecule has 0 unspecified atom stereocenters. The Bertz CT molecular complexity index is 1260. The van der Waals surface area contributed by atoms with Crippen molar-refractivity contribution in [1.82, 2.24) is 0 Å². The second-order valence-corrected chi connectivity index (χ2v) is 6.81. The number of carbonyl (C=O) groups is 3. The molecule has 0 aromatic heterocycles. The van der Waals surface area contributed by atoms with Gasteiger partial charge in [-0.1, -0.05) is 12.1 Å². The van der Waals surface area contributed by atoms with Crippen molar-refractivity contribution in [2.45, 2.75) is 6.18 Å². The van der Waals surface area contributed by atoms with E-state index in [0.29, 0.717) is 0 Å². The van der Waals surface area contributed by atoms with Gasteiger partial charge in [-0.25, -0.2) is 0 Å². The van der Waals surface area contributed by atoms with Gasteiger partial charge in [0, 0.05) is 22.4 Å². The lowest BCUT2D eigenvalue weighted by Gasteiger charge is -2.20. The Hall–Kier alpha value is -4.14. The molecule has 0 radical (unpaired) electrons. The lowest BCUT2D eigenvalue weighted by Crippen LogP contribution is -2.22. The van der Waals surface area contributed by atoms with Gasteiger partial charge in [-0.15, -0.1) is 0 Å². The van der Waals surface area contributed by atoms with Gasteiger partial charge in [0.15, 0.2) is 5.78 Å². The van der Waals surface area contributed by atoms with Gasteiger partial charge >= 0.3 is 6.18 Å². The van der Waals surface area contributed by atoms with Gasteiger partial charge in [-0.05, 0) is 42.5 Å². The zero-order valence-corrected chi connectivity index (χ0v) is 15.4. The third-order valence-electron chi connectivity index (χ3n) is 4.84. The van der Waals surface area contributed by atoms with Crippen LogP contribution in [0, 0.1) is 0 Å². The number of phenols is 2. The molecule has 9 heteroatoms. The van der Waals surface area contributed by atoms with Crippen molar-refractivity contribution < 1.29 is 37.8 Å². The Balaban J connectivity index is 1.68. The van der Waals surface area contributed by atoms with Crippen LogP contribution in [0.3, 0.4) is 0 Å². The van der Waals surface area contributed by atoms with Crippen molar-refractivity contribution in [3.63, 3.8) is 0 Å². The van der Waals surface area contributed by atoms with Gasteiger partial charge in [0.05, 0.1) is 16.7 Å². The number of carbonyl (C=O) groups excluding carboxylic acids is 3. The number of aromatic hydroxyl groups is 2. The molecule has 1 aliphatic rings. The molecule has 0 spiro atoms. The molecule has 31 heavy (non-hydrogen) atoms. The van der Waals surface area contributed by atoms with Crippen LogP contribution in [0.2, 0.25) is 0 Å². The SMILES string of the molecule is O=C(Nc1ccc(C(F)(F)F)cc1)c1cc(O)c2c(c1)C(=O)c1cccc(O)c1C2=O. The second-order valence-electron chi connectivity index (χ2n) is 6.81. The molecule has 1 aliphatic carbocycles. The van der Waals surface area contributed by atoms with E-state index >= 15 is 0 Å². The smallest absolute Gasteiger partial charge is 0.416 e. The summed E-state index contributed by atoms with van der Waals surface area (Å²) >= 11 is 0. The zero-order valence-electron chi connectivity index (χ0n) is 15.4. The highest BCUT2D eigenvalue weighted by atomic mass is 19.4. The minimum absolute atomic E-state index is 0.0629. The molecular formula is C22H12F3NO5. The first kappa shape index (κ1) is 20.1. The third-order valence-corrected chi connectivity index (χ3v) is 4.84. The number of hydrogen-bond acceptors (Lipinski definition) is 5. The van der Waals surface area contributed by atoms with E-state index in [1.54, 1.807) is 0 Å². The van der Waals surface area contributed by atoms with Crippen LogP contribution in [-0.4, -0.2) is 27.7 Å². The minimum atomic E-state index is -4.52. The van der Waals surface area contributed by atoms with Crippen LogP contribution in [0.4, 0.5) is 18.9 Å². The highest BCUT2D eigenvalue weighted by Crippen LogP contribution is 2.37. The maximum absolute atomic E-state index is 12.8. The van der Waals surface area contributed by atoms with Crippen LogP contribution < -0.4 is 5.32 Å². The van der Waals surface area contributed by atoms with E-state index in [0.717, 1.165) is 36.4 Å².